The average Bonchev–Trinajstić information content (AvgIpc) is 2.51. The molecular formula is C15H18N2O3S. The van der Waals surface area contributed by atoms with Crippen LogP contribution in [-0.2, 0) is 14.3 Å². The van der Waals surface area contributed by atoms with Crippen molar-refractivity contribution in [1.82, 2.24) is 0 Å². The summed E-state index contributed by atoms with van der Waals surface area (Å²) >= 11 is 1.38. The van der Waals surface area contributed by atoms with E-state index in [1.807, 2.05) is 31.2 Å². The number of carbonyl (C=O) groups is 2. The highest BCUT2D eigenvalue weighted by molar-refractivity contribution is 8.00. The normalized spacial score (nSPS) is 11.3. The van der Waals surface area contributed by atoms with Gasteiger partial charge < -0.3 is 4.74 Å². The number of esters is 1. The molecule has 1 amide bonds. The molecule has 0 aliphatic heterocycles. The minimum atomic E-state index is -0.292. The maximum Gasteiger partial charge on any atom is 0.306 e. The van der Waals surface area contributed by atoms with E-state index in [0.717, 1.165) is 0 Å². The summed E-state index contributed by atoms with van der Waals surface area (Å²) in [4.78, 5) is 24.8. The monoisotopic (exact) mass is 306 g/mol. The molecule has 21 heavy (non-hydrogen) atoms. The van der Waals surface area contributed by atoms with E-state index in [2.05, 4.69) is 4.74 Å². The van der Waals surface area contributed by atoms with Crippen molar-refractivity contribution < 1.29 is 14.3 Å². The van der Waals surface area contributed by atoms with E-state index in [0.29, 0.717) is 5.69 Å². The molecule has 112 valence electrons. The first-order valence-electron chi connectivity index (χ1n) is 6.49. The summed E-state index contributed by atoms with van der Waals surface area (Å²) in [5.41, 5.74) is 0.699. The SMILES string of the molecule is COC(=O)CC(C)SCC(=O)N(CC#N)c1ccccc1. The molecule has 1 unspecified atom stereocenters. The van der Waals surface area contributed by atoms with E-state index in [4.69, 9.17) is 5.26 Å². The Morgan fingerprint density at radius 3 is 2.62 bits per heavy atom. The fourth-order valence-electron chi connectivity index (χ4n) is 1.67. The van der Waals surface area contributed by atoms with E-state index in [9.17, 15) is 9.59 Å². The Morgan fingerprint density at radius 2 is 2.05 bits per heavy atom. The third kappa shape index (κ3) is 5.88. The summed E-state index contributed by atoms with van der Waals surface area (Å²) in [6.07, 6.45) is 0.262. The Hall–Kier alpha value is -2.00. The van der Waals surface area contributed by atoms with E-state index >= 15 is 0 Å². The maximum absolute atomic E-state index is 12.2. The second kappa shape index (κ2) is 9.03. The van der Waals surface area contributed by atoms with Gasteiger partial charge in [0.1, 0.15) is 6.54 Å². The third-order valence-corrected chi connectivity index (χ3v) is 3.92. The fraction of sp³-hybridized carbons (Fsp3) is 0.400. The number of para-hydroxylation sites is 1. The minimum absolute atomic E-state index is 0.00872. The van der Waals surface area contributed by atoms with Gasteiger partial charge in [-0.3, -0.25) is 14.5 Å². The van der Waals surface area contributed by atoms with Gasteiger partial charge in [0.25, 0.3) is 0 Å². The van der Waals surface area contributed by atoms with E-state index in [1.165, 1.54) is 23.8 Å². The number of rotatable bonds is 7. The zero-order valence-electron chi connectivity index (χ0n) is 12.1. The molecule has 0 spiro atoms. The van der Waals surface area contributed by atoms with Crippen LogP contribution in [0.5, 0.6) is 0 Å². The van der Waals surface area contributed by atoms with E-state index < -0.39 is 0 Å². The number of hydrogen-bond acceptors (Lipinski definition) is 5. The molecule has 0 heterocycles. The number of benzene rings is 1. The molecule has 0 aliphatic rings. The van der Waals surface area contributed by atoms with Gasteiger partial charge in [-0.05, 0) is 12.1 Å². The number of nitrogens with zero attached hydrogens (tertiary/aromatic N) is 2. The smallest absolute Gasteiger partial charge is 0.306 e. The van der Waals surface area contributed by atoms with Gasteiger partial charge in [0, 0.05) is 10.9 Å². The summed E-state index contributed by atoms with van der Waals surface area (Å²) < 4.78 is 4.59. The molecule has 0 saturated carbocycles. The number of hydrogen-bond donors (Lipinski definition) is 0. The van der Waals surface area contributed by atoms with Crippen LogP contribution in [0.1, 0.15) is 13.3 Å². The Morgan fingerprint density at radius 1 is 1.38 bits per heavy atom. The van der Waals surface area contributed by atoms with Crippen LogP contribution in [0.2, 0.25) is 0 Å². The van der Waals surface area contributed by atoms with Gasteiger partial charge in [-0.15, -0.1) is 11.8 Å². The molecule has 5 nitrogen and oxygen atoms in total. The third-order valence-electron chi connectivity index (χ3n) is 2.77. The highest BCUT2D eigenvalue weighted by Gasteiger charge is 2.17. The lowest BCUT2D eigenvalue weighted by Gasteiger charge is -2.20. The van der Waals surface area contributed by atoms with Gasteiger partial charge >= 0.3 is 5.97 Å². The predicted molar refractivity (Wildman–Crippen MR) is 83.0 cm³/mol. The Balaban J connectivity index is 2.59. The van der Waals surface area contributed by atoms with Crippen LogP contribution >= 0.6 is 11.8 Å². The molecule has 1 rings (SSSR count). The van der Waals surface area contributed by atoms with Gasteiger partial charge in [0.2, 0.25) is 5.91 Å². The highest BCUT2D eigenvalue weighted by Crippen LogP contribution is 2.18. The Bertz CT molecular complexity index is 513. The lowest BCUT2D eigenvalue weighted by Crippen LogP contribution is -2.33. The molecular weight excluding hydrogens is 288 g/mol. The lowest BCUT2D eigenvalue weighted by molar-refractivity contribution is -0.140. The fourth-order valence-corrected chi connectivity index (χ4v) is 2.51. The molecule has 1 atom stereocenters. The summed E-state index contributed by atoms with van der Waals surface area (Å²) in [5.74, 6) is -0.224. The van der Waals surface area contributed by atoms with Crippen molar-refractivity contribution in [1.29, 1.82) is 5.26 Å². The topological polar surface area (TPSA) is 70.4 Å². The summed E-state index contributed by atoms with van der Waals surface area (Å²) in [5, 5.41) is 8.85. The molecule has 1 aromatic carbocycles. The first-order chi connectivity index (χ1) is 10.1. The largest absolute Gasteiger partial charge is 0.469 e. The predicted octanol–water partition coefficient (Wildman–Crippen LogP) is 2.23. The quantitative estimate of drug-likeness (QED) is 0.570. The van der Waals surface area contributed by atoms with Crippen molar-refractivity contribution in [3.05, 3.63) is 30.3 Å². The standard InChI is InChI=1S/C15H18N2O3S/c1-12(10-15(19)20-2)21-11-14(18)17(9-8-16)13-6-4-3-5-7-13/h3-7,12H,9-11H2,1-2H3. The Labute approximate surface area is 128 Å². The molecule has 0 bridgehead atoms. The lowest BCUT2D eigenvalue weighted by atomic mass is 10.3. The van der Waals surface area contributed by atoms with Crippen LogP contribution in [0.15, 0.2) is 30.3 Å². The zero-order valence-corrected chi connectivity index (χ0v) is 12.9. The van der Waals surface area contributed by atoms with Crippen LogP contribution in [0, 0.1) is 11.3 Å². The first-order valence-corrected chi connectivity index (χ1v) is 7.54. The summed E-state index contributed by atoms with van der Waals surface area (Å²) in [6.45, 7) is 1.88. The molecule has 0 saturated heterocycles. The molecule has 6 heteroatoms. The Kier molecular flexibility index (Phi) is 7.33. The number of carbonyl (C=O) groups excluding carboxylic acids is 2. The molecule has 1 aromatic rings. The second-order valence-corrected chi connectivity index (χ2v) is 5.80. The van der Waals surface area contributed by atoms with Crippen LogP contribution in [0.25, 0.3) is 0 Å². The summed E-state index contributed by atoms with van der Waals surface area (Å²) in [6, 6.07) is 11.1. The van der Waals surface area contributed by atoms with Crippen molar-refractivity contribution in [3.63, 3.8) is 0 Å². The van der Waals surface area contributed by atoms with Crippen molar-refractivity contribution in [2.45, 2.75) is 18.6 Å². The van der Waals surface area contributed by atoms with Crippen LogP contribution < -0.4 is 4.90 Å². The number of amides is 1. The van der Waals surface area contributed by atoms with Crippen molar-refractivity contribution in [2.24, 2.45) is 0 Å². The molecule has 0 aliphatic carbocycles. The summed E-state index contributed by atoms with van der Waals surface area (Å²) in [7, 11) is 1.34. The van der Waals surface area contributed by atoms with Crippen LogP contribution in [0.4, 0.5) is 5.69 Å². The van der Waals surface area contributed by atoms with Crippen molar-refractivity contribution in [3.8, 4) is 6.07 Å². The van der Waals surface area contributed by atoms with Crippen molar-refractivity contribution >= 4 is 29.3 Å². The number of nitriles is 1. The molecule has 0 fully saturated rings. The number of methoxy groups -OCH3 is 1. The van der Waals surface area contributed by atoms with Crippen LogP contribution in [-0.4, -0.2) is 36.5 Å². The molecule has 0 N–H and O–H groups in total. The minimum Gasteiger partial charge on any atom is -0.469 e. The van der Waals surface area contributed by atoms with E-state index in [-0.39, 0.29) is 35.8 Å². The van der Waals surface area contributed by atoms with Gasteiger partial charge in [-0.25, -0.2) is 0 Å². The average molecular weight is 306 g/mol. The highest BCUT2D eigenvalue weighted by atomic mass is 32.2. The number of anilines is 1. The number of ether oxygens (including phenoxy) is 1. The zero-order chi connectivity index (χ0) is 15.7. The van der Waals surface area contributed by atoms with Gasteiger partial charge in [-0.1, -0.05) is 25.1 Å². The molecule has 0 aromatic heterocycles. The first kappa shape index (κ1) is 17.1. The van der Waals surface area contributed by atoms with Gasteiger partial charge in [0.05, 0.1) is 25.4 Å². The second-order valence-electron chi connectivity index (χ2n) is 4.38. The number of thioether (sulfide) groups is 1. The van der Waals surface area contributed by atoms with Crippen molar-refractivity contribution in [2.75, 3.05) is 24.3 Å². The maximum atomic E-state index is 12.2. The molecule has 0 radical (unpaired) electrons. The van der Waals surface area contributed by atoms with Gasteiger partial charge in [0.15, 0.2) is 0 Å². The van der Waals surface area contributed by atoms with Crippen LogP contribution in [0.3, 0.4) is 0 Å². The van der Waals surface area contributed by atoms with E-state index in [1.54, 1.807) is 12.1 Å². The van der Waals surface area contributed by atoms with Gasteiger partial charge in [-0.2, -0.15) is 5.26 Å².